The van der Waals surface area contributed by atoms with Gasteiger partial charge in [-0.1, -0.05) is 65.7 Å². The summed E-state index contributed by atoms with van der Waals surface area (Å²) < 4.78 is 14.0. The van der Waals surface area contributed by atoms with Crippen LogP contribution in [-0.4, -0.2) is 15.9 Å². The summed E-state index contributed by atoms with van der Waals surface area (Å²) in [6, 6.07) is 20.3. The van der Waals surface area contributed by atoms with Crippen LogP contribution >= 0.6 is 11.6 Å². The number of nitrogens with zero attached hydrogens (tertiary/aromatic N) is 1. The lowest BCUT2D eigenvalue weighted by molar-refractivity contribution is -0.130. The van der Waals surface area contributed by atoms with Crippen molar-refractivity contribution in [3.8, 4) is 0 Å². The Bertz CT molecular complexity index is 1090. The molecule has 1 amide bonds. The van der Waals surface area contributed by atoms with Gasteiger partial charge < -0.3 is 10.0 Å². The highest BCUT2D eigenvalue weighted by atomic mass is 35.5. The molecule has 4 rings (SSSR count). The zero-order valence-corrected chi connectivity index (χ0v) is 16.5. The molecule has 1 atom stereocenters. The molecule has 0 spiro atoms. The lowest BCUT2D eigenvalue weighted by Gasteiger charge is -2.27. The Hall–Kier alpha value is -3.11. The third-order valence-corrected chi connectivity index (χ3v) is 5.35. The number of benzene rings is 3. The number of carbonyl (C=O) groups is 1. The van der Waals surface area contributed by atoms with Gasteiger partial charge in [0.15, 0.2) is 5.76 Å². The molecular formula is C24H19ClFNO2. The van der Waals surface area contributed by atoms with Crippen LogP contribution in [0.5, 0.6) is 0 Å². The van der Waals surface area contributed by atoms with Crippen molar-refractivity contribution in [1.29, 1.82) is 0 Å². The number of hydrogen-bond donors (Lipinski definition) is 1. The highest BCUT2D eigenvalue weighted by molar-refractivity contribution is 6.30. The van der Waals surface area contributed by atoms with Gasteiger partial charge in [0.05, 0.1) is 6.04 Å². The van der Waals surface area contributed by atoms with Crippen LogP contribution in [0.25, 0.3) is 5.57 Å². The van der Waals surface area contributed by atoms with Gasteiger partial charge in [0.1, 0.15) is 5.82 Å². The van der Waals surface area contributed by atoms with E-state index < -0.39 is 17.8 Å². The summed E-state index contributed by atoms with van der Waals surface area (Å²) >= 11 is 5.97. The van der Waals surface area contributed by atoms with Crippen molar-refractivity contribution < 1.29 is 14.3 Å². The molecule has 1 N–H and O–H groups in total. The van der Waals surface area contributed by atoms with Crippen molar-refractivity contribution in [2.75, 3.05) is 0 Å². The van der Waals surface area contributed by atoms with Crippen LogP contribution < -0.4 is 0 Å². The molecule has 5 heteroatoms. The van der Waals surface area contributed by atoms with E-state index in [2.05, 4.69) is 0 Å². The minimum atomic E-state index is -0.600. The van der Waals surface area contributed by atoms with Crippen LogP contribution in [0.2, 0.25) is 5.02 Å². The molecule has 0 fully saturated rings. The molecule has 3 aromatic rings. The Morgan fingerprint density at radius 2 is 1.72 bits per heavy atom. The van der Waals surface area contributed by atoms with Crippen LogP contribution in [0.3, 0.4) is 0 Å². The smallest absolute Gasteiger partial charge is 0.290 e. The summed E-state index contributed by atoms with van der Waals surface area (Å²) in [4.78, 5) is 14.6. The highest BCUT2D eigenvalue weighted by Crippen LogP contribution is 2.43. The predicted molar refractivity (Wildman–Crippen MR) is 112 cm³/mol. The molecule has 3 nitrogen and oxygen atoms in total. The first kappa shape index (κ1) is 19.2. The molecule has 3 aromatic carbocycles. The maximum atomic E-state index is 14.0. The van der Waals surface area contributed by atoms with Crippen LogP contribution in [0.4, 0.5) is 4.39 Å². The van der Waals surface area contributed by atoms with E-state index in [1.807, 2.05) is 43.3 Å². The topological polar surface area (TPSA) is 40.5 Å². The van der Waals surface area contributed by atoms with Gasteiger partial charge in [-0.05, 0) is 47.9 Å². The SMILES string of the molecule is Cc1ccc(C2=C(O)C(=O)N(Cc3ccc(Cl)cc3)[C@H]2c2cccc(F)c2)cc1. The van der Waals surface area contributed by atoms with Gasteiger partial charge in [0.2, 0.25) is 0 Å². The summed E-state index contributed by atoms with van der Waals surface area (Å²) in [6.07, 6.45) is 0. The first-order chi connectivity index (χ1) is 13.9. The van der Waals surface area contributed by atoms with Gasteiger partial charge in [-0.25, -0.2) is 4.39 Å². The molecule has 0 aliphatic carbocycles. The van der Waals surface area contributed by atoms with Crippen molar-refractivity contribution in [2.24, 2.45) is 0 Å². The fraction of sp³-hybridized carbons (Fsp3) is 0.125. The lowest BCUT2D eigenvalue weighted by Crippen LogP contribution is -2.29. The second-order valence-electron chi connectivity index (χ2n) is 7.15. The maximum absolute atomic E-state index is 14.0. The number of aliphatic hydroxyl groups is 1. The second kappa shape index (κ2) is 7.72. The van der Waals surface area contributed by atoms with Gasteiger partial charge in [-0.2, -0.15) is 0 Å². The number of hydrogen-bond acceptors (Lipinski definition) is 2. The molecule has 0 saturated carbocycles. The monoisotopic (exact) mass is 407 g/mol. The largest absolute Gasteiger partial charge is 0.503 e. The number of halogens is 2. The Kier molecular flexibility index (Phi) is 5.12. The number of carbonyl (C=O) groups excluding carboxylic acids is 1. The van der Waals surface area contributed by atoms with Gasteiger partial charge >= 0.3 is 0 Å². The first-order valence-corrected chi connectivity index (χ1v) is 9.63. The van der Waals surface area contributed by atoms with Crippen LogP contribution in [0.1, 0.15) is 28.3 Å². The molecule has 1 aliphatic heterocycles. The lowest BCUT2D eigenvalue weighted by atomic mass is 9.93. The fourth-order valence-electron chi connectivity index (χ4n) is 3.65. The molecular weight excluding hydrogens is 389 g/mol. The molecule has 146 valence electrons. The average Bonchev–Trinajstić information content (AvgIpc) is 2.95. The molecule has 29 heavy (non-hydrogen) atoms. The number of amides is 1. The minimum absolute atomic E-state index is 0.261. The zero-order valence-electron chi connectivity index (χ0n) is 15.8. The van der Waals surface area contributed by atoms with E-state index in [1.165, 1.54) is 12.1 Å². The van der Waals surface area contributed by atoms with Gasteiger partial charge in [0, 0.05) is 17.1 Å². The molecule has 1 aliphatic rings. The summed E-state index contributed by atoms with van der Waals surface area (Å²) in [6.45, 7) is 2.23. The normalized spacial score (nSPS) is 16.6. The summed E-state index contributed by atoms with van der Waals surface area (Å²) in [5, 5.41) is 11.3. The van der Waals surface area contributed by atoms with E-state index >= 15 is 0 Å². The van der Waals surface area contributed by atoms with E-state index in [4.69, 9.17) is 11.6 Å². The van der Waals surface area contributed by atoms with Crippen molar-refractivity contribution in [3.05, 3.63) is 112 Å². The third-order valence-electron chi connectivity index (χ3n) is 5.10. The van der Waals surface area contributed by atoms with Gasteiger partial charge in [0.25, 0.3) is 5.91 Å². The van der Waals surface area contributed by atoms with Crippen LogP contribution in [0.15, 0.2) is 78.6 Å². The maximum Gasteiger partial charge on any atom is 0.290 e. The van der Waals surface area contributed by atoms with Crippen LogP contribution in [0, 0.1) is 12.7 Å². The zero-order chi connectivity index (χ0) is 20.5. The van der Waals surface area contributed by atoms with Crippen molar-refractivity contribution >= 4 is 23.1 Å². The summed E-state index contributed by atoms with van der Waals surface area (Å²) in [7, 11) is 0. The molecule has 0 saturated heterocycles. The number of aliphatic hydroxyl groups excluding tert-OH is 1. The van der Waals surface area contributed by atoms with E-state index in [1.54, 1.807) is 29.2 Å². The summed E-state index contributed by atoms with van der Waals surface area (Å²) in [5.74, 6) is -1.18. The predicted octanol–water partition coefficient (Wildman–Crippen LogP) is 5.84. The molecule has 0 radical (unpaired) electrons. The van der Waals surface area contributed by atoms with Crippen molar-refractivity contribution in [3.63, 3.8) is 0 Å². The van der Waals surface area contributed by atoms with E-state index in [0.29, 0.717) is 16.2 Å². The molecule has 1 heterocycles. The minimum Gasteiger partial charge on any atom is -0.503 e. The Morgan fingerprint density at radius 1 is 1.03 bits per heavy atom. The second-order valence-corrected chi connectivity index (χ2v) is 7.58. The third kappa shape index (κ3) is 3.76. The van der Waals surface area contributed by atoms with Gasteiger partial charge in [-0.3, -0.25) is 4.79 Å². The summed E-state index contributed by atoms with van der Waals surface area (Å²) in [5.41, 5.74) is 3.75. The molecule has 0 unspecified atom stereocenters. The number of aryl methyl sites for hydroxylation is 1. The fourth-order valence-corrected chi connectivity index (χ4v) is 3.78. The Labute approximate surface area is 173 Å². The average molecular weight is 408 g/mol. The highest BCUT2D eigenvalue weighted by Gasteiger charge is 2.41. The van der Waals surface area contributed by atoms with Crippen molar-refractivity contribution in [1.82, 2.24) is 4.90 Å². The first-order valence-electron chi connectivity index (χ1n) is 9.25. The van der Waals surface area contributed by atoms with E-state index in [0.717, 1.165) is 16.7 Å². The van der Waals surface area contributed by atoms with E-state index in [9.17, 15) is 14.3 Å². The van der Waals surface area contributed by atoms with Crippen molar-refractivity contribution in [2.45, 2.75) is 19.5 Å². The van der Waals surface area contributed by atoms with Crippen LogP contribution in [-0.2, 0) is 11.3 Å². The molecule has 0 aromatic heterocycles. The quantitative estimate of drug-likeness (QED) is 0.590. The number of rotatable bonds is 4. The Morgan fingerprint density at radius 3 is 2.38 bits per heavy atom. The standard InChI is InChI=1S/C24H19ClFNO2/c1-15-5-9-17(10-6-15)21-22(18-3-2-4-20(26)13-18)27(24(29)23(21)28)14-16-7-11-19(25)12-8-16/h2-13,22,28H,14H2,1H3/t22-/m0/s1. The van der Waals surface area contributed by atoms with Gasteiger partial charge in [-0.15, -0.1) is 0 Å². The molecule has 0 bridgehead atoms. The van der Waals surface area contributed by atoms with E-state index in [-0.39, 0.29) is 12.3 Å². The Balaban J connectivity index is 1.81.